The lowest BCUT2D eigenvalue weighted by Gasteiger charge is -2.33. The molecule has 26 heteroatoms. The summed E-state index contributed by atoms with van der Waals surface area (Å²) in [5.41, 5.74) is 1.23. The van der Waals surface area contributed by atoms with Crippen LogP contribution < -0.4 is 5.32 Å². The van der Waals surface area contributed by atoms with E-state index in [1.165, 1.54) is 16.8 Å². The molecule has 62 heavy (non-hydrogen) atoms. The molecule has 0 aliphatic heterocycles. The van der Waals surface area contributed by atoms with Crippen LogP contribution in [0.4, 0.5) is 0 Å². The van der Waals surface area contributed by atoms with E-state index >= 15 is 0 Å². The predicted molar refractivity (Wildman–Crippen MR) is 213 cm³/mol. The van der Waals surface area contributed by atoms with Gasteiger partial charge in [0.2, 0.25) is 5.91 Å². The molecule has 24 nitrogen and oxygen atoms in total. The molecule has 0 saturated carbocycles. The molecule has 1 rings (SSSR count). The second-order valence-corrected chi connectivity index (χ2v) is 16.3. The standard InChI is InChI=1S/C35H51N4O18PS.CO2/c1-3-4-23(33(49)50)20-58(55,56)57-19-27(35(53)54)36-32(48)26(34(51)52)13-25(59)12-22-7-5-21(6-8-22)11-24(37(2)15-28(40)41)14-38(16-29(42)43)9-10-39(17-30(44)45)18-31(46)47;2-1-3/h5-8,23-24,26-27H,3-4,9-20H2,1-2H3,(H,36,48)(H,40,41)(H,42,43)(H,44,45)(H,46,47)(H,49,50)(H,51,52)(H,53,54)(H,55,56);/t23?,24?,26?,27-;/m0./s1. The van der Waals surface area contributed by atoms with Gasteiger partial charge in [0.25, 0.3) is 0 Å². The zero-order valence-electron chi connectivity index (χ0n) is 33.7. The van der Waals surface area contributed by atoms with Gasteiger partial charge in [-0.3, -0.25) is 52.8 Å². The van der Waals surface area contributed by atoms with Crippen LogP contribution in [0.15, 0.2) is 24.3 Å². The monoisotopic (exact) mass is 922 g/mol. The maximum absolute atomic E-state index is 12.9. The molecule has 1 aromatic carbocycles. The third-order valence-electron chi connectivity index (χ3n) is 8.72. The van der Waals surface area contributed by atoms with Gasteiger partial charge in [-0.15, -0.1) is 0 Å². The maximum atomic E-state index is 12.9. The normalized spacial score (nSPS) is 13.9. The second-order valence-electron chi connectivity index (χ2n) is 13.8. The largest absolute Gasteiger partial charge is 0.481 e. The molecule has 0 radical (unpaired) electrons. The van der Waals surface area contributed by atoms with Crippen LogP contribution in [-0.4, -0.2) is 192 Å². The Morgan fingerprint density at radius 1 is 0.774 bits per heavy atom. The van der Waals surface area contributed by atoms with Crippen molar-refractivity contribution in [1.82, 2.24) is 20.0 Å². The number of likely N-dealkylation sites (N-methyl/N-ethyl adjacent to an activating group) is 1. The number of aliphatic carboxylic acids is 7. The molecule has 0 bridgehead atoms. The van der Waals surface area contributed by atoms with Crippen molar-refractivity contribution >= 4 is 78.5 Å². The van der Waals surface area contributed by atoms with Gasteiger partial charge >= 0.3 is 55.5 Å². The Bertz CT molecular complexity index is 1790. The molecule has 1 amide bonds. The third-order valence-corrected chi connectivity index (χ3v) is 10.5. The summed E-state index contributed by atoms with van der Waals surface area (Å²) in [6.07, 6.45) is -0.469. The highest BCUT2D eigenvalue weighted by molar-refractivity contribution is 7.80. The minimum Gasteiger partial charge on any atom is -0.481 e. The lowest BCUT2D eigenvalue weighted by molar-refractivity contribution is -0.192. The summed E-state index contributed by atoms with van der Waals surface area (Å²) < 4.78 is 17.3. The molecule has 0 fully saturated rings. The summed E-state index contributed by atoms with van der Waals surface area (Å²) in [5, 5.41) is 67.8. The number of nitrogens with one attached hydrogen (secondary N) is 1. The Morgan fingerprint density at radius 2 is 1.26 bits per heavy atom. The average molecular weight is 923 g/mol. The van der Waals surface area contributed by atoms with Crippen LogP contribution in [-0.2, 0) is 69.9 Å². The van der Waals surface area contributed by atoms with Crippen LogP contribution in [0.2, 0.25) is 0 Å². The fraction of sp³-hybridized carbons (Fsp3) is 0.556. The highest BCUT2D eigenvalue weighted by Gasteiger charge is 2.35. The highest BCUT2D eigenvalue weighted by Crippen LogP contribution is 2.44. The van der Waals surface area contributed by atoms with Crippen LogP contribution in [0.25, 0.3) is 0 Å². The number of thiocarbonyl (C=S) groups is 1. The predicted octanol–water partition coefficient (Wildman–Crippen LogP) is -0.836. The van der Waals surface area contributed by atoms with E-state index in [4.69, 9.17) is 36.5 Å². The fourth-order valence-electron chi connectivity index (χ4n) is 5.80. The number of carbonyl (C=O) groups excluding carboxylic acids is 3. The molecule has 346 valence electrons. The number of hydrogen-bond donors (Lipinski definition) is 9. The summed E-state index contributed by atoms with van der Waals surface area (Å²) in [6, 6.07) is 4.03. The van der Waals surface area contributed by atoms with Crippen molar-refractivity contribution in [3.63, 3.8) is 0 Å². The van der Waals surface area contributed by atoms with Crippen molar-refractivity contribution in [3.8, 4) is 0 Å². The Kier molecular flexibility index (Phi) is 26.3. The molecule has 0 spiro atoms. The fourth-order valence-corrected chi connectivity index (χ4v) is 7.52. The summed E-state index contributed by atoms with van der Waals surface area (Å²) in [6.45, 7) is -1.74. The first kappa shape index (κ1) is 56.5. The van der Waals surface area contributed by atoms with E-state index in [1.54, 1.807) is 31.2 Å². The summed E-state index contributed by atoms with van der Waals surface area (Å²) in [5.74, 6) is -14.1. The van der Waals surface area contributed by atoms with E-state index in [0.29, 0.717) is 17.5 Å². The van der Waals surface area contributed by atoms with Crippen LogP contribution in [0.1, 0.15) is 37.3 Å². The highest BCUT2D eigenvalue weighted by atomic mass is 32.1. The lowest BCUT2D eigenvalue weighted by atomic mass is 9.96. The van der Waals surface area contributed by atoms with E-state index in [-0.39, 0.29) is 49.9 Å². The number of nitrogens with zero attached hydrogens (tertiary/aromatic N) is 3. The second kappa shape index (κ2) is 28.9. The molecule has 0 heterocycles. The molecular formula is C36H51N4O20PS. The molecule has 9 N–H and O–H groups in total. The van der Waals surface area contributed by atoms with Gasteiger partial charge in [-0.25, -0.2) is 4.79 Å². The van der Waals surface area contributed by atoms with Gasteiger partial charge in [-0.1, -0.05) is 49.8 Å². The van der Waals surface area contributed by atoms with Crippen molar-refractivity contribution in [2.75, 3.05) is 65.6 Å². The smallest absolute Gasteiger partial charge is 0.373 e. The Labute approximate surface area is 359 Å². The number of benzene rings is 1. The number of carboxylic acid groups (broad SMARTS) is 7. The minimum atomic E-state index is -4.64. The zero-order valence-corrected chi connectivity index (χ0v) is 35.4. The quantitative estimate of drug-likeness (QED) is 0.0242. The van der Waals surface area contributed by atoms with Crippen LogP contribution in [0, 0.1) is 11.8 Å². The number of amides is 1. The number of carbonyl (C=O) groups is 8. The van der Waals surface area contributed by atoms with Crippen LogP contribution in [0.3, 0.4) is 0 Å². The van der Waals surface area contributed by atoms with Crippen molar-refractivity contribution in [1.29, 1.82) is 0 Å². The van der Waals surface area contributed by atoms with E-state index in [2.05, 4.69) is 0 Å². The van der Waals surface area contributed by atoms with Gasteiger partial charge in [0.15, 0.2) is 6.04 Å². The SMILES string of the molecule is CCCC(CP(=O)(O)OC[C@H](NC(=O)C(CC(=S)Cc1ccc(CC(CN(CCN(CC(=O)O)CC(=O)O)CC(=O)O)N(C)CC(=O)O)cc1)C(=O)O)C(=O)O)C(=O)O.O=C=O. The average Bonchev–Trinajstić information content (AvgIpc) is 3.13. The first-order valence-electron chi connectivity index (χ1n) is 18.4. The minimum absolute atomic E-state index is 0.00708. The zero-order chi connectivity index (χ0) is 47.7. The summed E-state index contributed by atoms with van der Waals surface area (Å²) >= 11 is 5.36. The number of rotatable bonds is 32. The van der Waals surface area contributed by atoms with E-state index in [0.717, 1.165) is 4.90 Å². The maximum Gasteiger partial charge on any atom is 0.373 e. The van der Waals surface area contributed by atoms with Crippen LogP contribution in [0.5, 0.6) is 0 Å². The van der Waals surface area contributed by atoms with Crippen molar-refractivity contribution in [3.05, 3.63) is 35.4 Å². The van der Waals surface area contributed by atoms with Crippen molar-refractivity contribution in [2.24, 2.45) is 11.8 Å². The Morgan fingerprint density at radius 3 is 1.71 bits per heavy atom. The third kappa shape index (κ3) is 24.7. The molecule has 1 aromatic rings. The summed E-state index contributed by atoms with van der Waals surface area (Å²) in [7, 11) is -3.12. The summed E-state index contributed by atoms with van der Waals surface area (Å²) in [4.78, 5) is 124. The van der Waals surface area contributed by atoms with E-state index in [1.807, 2.05) is 5.32 Å². The first-order chi connectivity index (χ1) is 28.8. The molecular weight excluding hydrogens is 871 g/mol. The van der Waals surface area contributed by atoms with Gasteiger partial charge in [-0.2, -0.15) is 9.59 Å². The molecule has 0 aliphatic rings. The van der Waals surface area contributed by atoms with E-state index in [9.17, 15) is 73.3 Å². The Balaban J connectivity index is 0.0000120. The van der Waals surface area contributed by atoms with Gasteiger partial charge < -0.3 is 50.5 Å². The Hall–Kier alpha value is -5.52. The number of carboxylic acids is 7. The topological polar surface area (TPSA) is 381 Å². The number of hydrogen-bond acceptors (Lipinski definition) is 16. The van der Waals surface area contributed by atoms with Gasteiger partial charge in [0.1, 0.15) is 5.92 Å². The van der Waals surface area contributed by atoms with Gasteiger partial charge in [0, 0.05) is 38.5 Å². The van der Waals surface area contributed by atoms with Crippen LogP contribution >= 0.6 is 19.8 Å². The molecule has 0 aromatic heterocycles. The molecule has 5 atom stereocenters. The molecule has 4 unspecified atom stereocenters. The first-order valence-corrected chi connectivity index (χ1v) is 20.6. The van der Waals surface area contributed by atoms with Gasteiger partial charge in [-0.05, 0) is 35.9 Å². The molecule has 0 aliphatic carbocycles. The lowest BCUT2D eigenvalue weighted by Crippen LogP contribution is -2.49. The molecule has 0 saturated heterocycles. The van der Waals surface area contributed by atoms with Crippen molar-refractivity contribution < 1.29 is 97.7 Å². The van der Waals surface area contributed by atoms with Crippen molar-refractivity contribution in [2.45, 2.75) is 51.1 Å². The van der Waals surface area contributed by atoms with Gasteiger partial charge in [0.05, 0.1) is 44.9 Å². The van der Waals surface area contributed by atoms with E-state index < -0.39 is 125 Å².